The van der Waals surface area contributed by atoms with Gasteiger partial charge in [-0.1, -0.05) is 22.9 Å². The number of ether oxygens (including phenoxy) is 2. The predicted molar refractivity (Wildman–Crippen MR) is 65.0 cm³/mol. The van der Waals surface area contributed by atoms with Gasteiger partial charge in [-0.25, -0.2) is 18.1 Å². The molecule has 98 valence electrons. The molecule has 17 heavy (non-hydrogen) atoms. The van der Waals surface area contributed by atoms with Gasteiger partial charge in [0.15, 0.2) is 8.68 Å². The van der Waals surface area contributed by atoms with Gasteiger partial charge in [0.1, 0.15) is 0 Å². The summed E-state index contributed by atoms with van der Waals surface area (Å²) < 4.78 is 36.1. The Morgan fingerprint density at radius 2 is 2.29 bits per heavy atom. The fraction of sp³-hybridized carbons (Fsp3) is 0.625. The van der Waals surface area contributed by atoms with Crippen molar-refractivity contribution in [1.29, 1.82) is 0 Å². The van der Waals surface area contributed by atoms with Crippen LogP contribution in [0.5, 0.6) is 0 Å². The molecule has 0 radical (unpaired) electrons. The van der Waals surface area contributed by atoms with Crippen LogP contribution in [-0.2, 0) is 19.5 Å². The van der Waals surface area contributed by atoms with E-state index >= 15 is 0 Å². The van der Waals surface area contributed by atoms with Crippen molar-refractivity contribution in [3.05, 3.63) is 10.7 Å². The Hall–Kier alpha value is -0.250. The van der Waals surface area contributed by atoms with Gasteiger partial charge in [0.25, 0.3) is 10.0 Å². The van der Waals surface area contributed by atoms with Crippen LogP contribution in [0.25, 0.3) is 0 Å². The third-order valence-electron chi connectivity index (χ3n) is 1.91. The van der Waals surface area contributed by atoms with Crippen LogP contribution in [0.2, 0.25) is 4.47 Å². The molecule has 9 heteroatoms. The molecule has 1 atom stereocenters. The average Bonchev–Trinajstić information content (AvgIpc) is 2.72. The lowest BCUT2D eigenvalue weighted by Crippen LogP contribution is -2.35. The van der Waals surface area contributed by atoms with Crippen LogP contribution in [0.15, 0.2) is 10.4 Å². The number of methoxy groups -OCH3 is 2. The number of thiazole rings is 1. The molecule has 0 aliphatic carbocycles. The number of halogens is 1. The van der Waals surface area contributed by atoms with Gasteiger partial charge in [-0.05, 0) is 0 Å². The molecular weight excluding hydrogens is 288 g/mol. The molecule has 1 unspecified atom stereocenters. The lowest BCUT2D eigenvalue weighted by molar-refractivity contribution is 0.0320. The van der Waals surface area contributed by atoms with Crippen molar-refractivity contribution in [2.75, 3.05) is 27.4 Å². The number of nitrogens with one attached hydrogen (secondary N) is 1. The monoisotopic (exact) mass is 300 g/mol. The van der Waals surface area contributed by atoms with Gasteiger partial charge in [0.2, 0.25) is 0 Å². The number of sulfonamides is 1. The fourth-order valence-electron chi connectivity index (χ4n) is 1.03. The van der Waals surface area contributed by atoms with Crippen LogP contribution in [0.3, 0.4) is 0 Å². The van der Waals surface area contributed by atoms with E-state index in [1.54, 1.807) is 0 Å². The average molecular weight is 301 g/mol. The smallest absolute Gasteiger partial charge is 0.251 e. The normalized spacial score (nSPS) is 13.8. The first-order chi connectivity index (χ1) is 7.99. The largest absolute Gasteiger partial charge is 0.382 e. The Morgan fingerprint density at radius 3 is 2.76 bits per heavy atom. The molecule has 0 fully saturated rings. The lowest BCUT2D eigenvalue weighted by Gasteiger charge is -2.14. The maximum atomic E-state index is 11.8. The molecule has 1 aromatic heterocycles. The molecule has 0 spiro atoms. The molecule has 0 aromatic carbocycles. The summed E-state index contributed by atoms with van der Waals surface area (Å²) in [5, 5.41) is 0. The van der Waals surface area contributed by atoms with Gasteiger partial charge < -0.3 is 9.47 Å². The molecule has 0 amide bonds. The van der Waals surface area contributed by atoms with Crippen molar-refractivity contribution in [3.8, 4) is 0 Å². The number of hydrogen-bond donors (Lipinski definition) is 1. The molecule has 0 bridgehead atoms. The van der Waals surface area contributed by atoms with Gasteiger partial charge in [-0.3, -0.25) is 0 Å². The van der Waals surface area contributed by atoms with Gasteiger partial charge in [0, 0.05) is 20.8 Å². The topological polar surface area (TPSA) is 77.5 Å². The van der Waals surface area contributed by atoms with E-state index in [1.807, 2.05) is 0 Å². The van der Waals surface area contributed by atoms with E-state index in [-0.39, 0.29) is 21.3 Å². The number of rotatable bonds is 7. The molecule has 0 saturated heterocycles. The predicted octanol–water partition coefficient (Wildman–Crippen LogP) is 0.736. The first kappa shape index (κ1) is 14.8. The minimum atomic E-state index is -3.58. The summed E-state index contributed by atoms with van der Waals surface area (Å²) in [6.45, 7) is 0.435. The quantitative estimate of drug-likeness (QED) is 0.803. The zero-order chi connectivity index (χ0) is 12.9. The molecule has 6 nitrogen and oxygen atoms in total. The van der Waals surface area contributed by atoms with E-state index in [9.17, 15) is 8.42 Å². The molecular formula is C8H13ClN2O4S2. The molecule has 1 aromatic rings. The van der Waals surface area contributed by atoms with Crippen LogP contribution in [0, 0.1) is 0 Å². The van der Waals surface area contributed by atoms with E-state index in [0.29, 0.717) is 6.61 Å². The van der Waals surface area contributed by atoms with E-state index in [2.05, 4.69) is 9.71 Å². The third-order valence-corrected chi connectivity index (χ3v) is 4.91. The third kappa shape index (κ3) is 4.49. The first-order valence-electron chi connectivity index (χ1n) is 4.62. The lowest BCUT2D eigenvalue weighted by atomic mass is 10.4. The molecule has 0 aliphatic heterocycles. The minimum absolute atomic E-state index is 0.0785. The number of aromatic nitrogens is 1. The first-order valence-corrected chi connectivity index (χ1v) is 7.30. The van der Waals surface area contributed by atoms with Crippen molar-refractivity contribution < 1.29 is 17.9 Å². The van der Waals surface area contributed by atoms with Gasteiger partial charge in [-0.15, -0.1) is 0 Å². The van der Waals surface area contributed by atoms with Gasteiger partial charge in [-0.2, -0.15) is 0 Å². The van der Waals surface area contributed by atoms with Crippen LogP contribution in [0.4, 0.5) is 0 Å². The summed E-state index contributed by atoms with van der Waals surface area (Å²) in [4.78, 5) is 3.68. The zero-order valence-electron chi connectivity index (χ0n) is 9.34. The van der Waals surface area contributed by atoms with E-state index in [4.69, 9.17) is 21.1 Å². The van der Waals surface area contributed by atoms with Crippen molar-refractivity contribution in [2.24, 2.45) is 0 Å². The molecule has 1 heterocycles. The maximum Gasteiger partial charge on any atom is 0.251 e. The van der Waals surface area contributed by atoms with Gasteiger partial charge in [0.05, 0.1) is 18.9 Å². The fourth-order valence-corrected chi connectivity index (χ4v) is 3.44. The Balaban J connectivity index is 2.61. The van der Waals surface area contributed by atoms with Gasteiger partial charge >= 0.3 is 0 Å². The Kier molecular flexibility index (Phi) is 5.77. The van der Waals surface area contributed by atoms with Crippen molar-refractivity contribution >= 4 is 33.0 Å². The van der Waals surface area contributed by atoms with Crippen LogP contribution >= 0.6 is 22.9 Å². The molecule has 1 N–H and O–H groups in total. The number of nitrogens with zero attached hydrogens (tertiary/aromatic N) is 1. The Bertz CT molecular complexity index is 448. The summed E-state index contributed by atoms with van der Waals surface area (Å²) in [6, 6.07) is 0. The summed E-state index contributed by atoms with van der Waals surface area (Å²) in [6.07, 6.45) is 0.881. The SMILES string of the molecule is COCC(CNS(=O)(=O)c1cnc(Cl)s1)OC. The summed E-state index contributed by atoms with van der Waals surface area (Å²) in [7, 11) is -0.572. The van der Waals surface area contributed by atoms with Crippen LogP contribution < -0.4 is 4.72 Å². The standard InChI is InChI=1S/C8H13ClN2O4S2/c1-14-5-6(15-2)3-11-17(12,13)7-4-10-8(9)16-7/h4,6,11H,3,5H2,1-2H3. The van der Waals surface area contributed by atoms with Crippen molar-refractivity contribution in [3.63, 3.8) is 0 Å². The Morgan fingerprint density at radius 1 is 1.59 bits per heavy atom. The summed E-state index contributed by atoms with van der Waals surface area (Å²) in [5.74, 6) is 0. The second-order valence-corrected chi connectivity index (χ2v) is 6.70. The van der Waals surface area contributed by atoms with E-state index in [0.717, 1.165) is 11.3 Å². The number of hydrogen-bond acceptors (Lipinski definition) is 6. The summed E-state index contributed by atoms with van der Waals surface area (Å²) in [5.41, 5.74) is 0. The maximum absolute atomic E-state index is 11.8. The highest BCUT2D eigenvalue weighted by Crippen LogP contribution is 2.21. The van der Waals surface area contributed by atoms with Crippen LogP contribution in [-0.4, -0.2) is 46.9 Å². The minimum Gasteiger partial charge on any atom is -0.382 e. The highest BCUT2D eigenvalue weighted by atomic mass is 35.5. The second-order valence-electron chi connectivity index (χ2n) is 3.10. The molecule has 0 aliphatic rings. The van der Waals surface area contributed by atoms with Crippen molar-refractivity contribution in [2.45, 2.75) is 10.3 Å². The van der Waals surface area contributed by atoms with E-state index < -0.39 is 10.0 Å². The highest BCUT2D eigenvalue weighted by Gasteiger charge is 2.19. The molecule has 0 saturated carbocycles. The summed E-state index contributed by atoms with van der Waals surface area (Å²) >= 11 is 6.48. The molecule has 1 rings (SSSR count). The highest BCUT2D eigenvalue weighted by molar-refractivity contribution is 7.91. The van der Waals surface area contributed by atoms with Crippen molar-refractivity contribution in [1.82, 2.24) is 9.71 Å². The second kappa shape index (κ2) is 6.62. The zero-order valence-corrected chi connectivity index (χ0v) is 11.7. The Labute approximate surface area is 109 Å². The van der Waals surface area contributed by atoms with Crippen LogP contribution in [0.1, 0.15) is 0 Å². The van der Waals surface area contributed by atoms with E-state index in [1.165, 1.54) is 20.4 Å².